The Balaban J connectivity index is 1.36. The summed E-state index contributed by atoms with van der Waals surface area (Å²) in [5.74, 6) is 0.427. The zero-order chi connectivity index (χ0) is 19.5. The quantitative estimate of drug-likeness (QED) is 0.598. The Bertz CT molecular complexity index is 1010. The fourth-order valence-electron chi connectivity index (χ4n) is 3.88. The van der Waals surface area contributed by atoms with Crippen LogP contribution in [0.4, 0.5) is 0 Å². The van der Waals surface area contributed by atoms with E-state index in [0.717, 1.165) is 23.7 Å². The number of benzene rings is 2. The molecule has 2 amide bonds. The topological polar surface area (TPSA) is 74.0 Å². The van der Waals surface area contributed by atoms with Crippen LogP contribution in [0.1, 0.15) is 45.3 Å². The number of amides is 2. The molecular formula is C23H25N3O2. The number of aromatic amines is 1. The molecule has 144 valence electrons. The van der Waals surface area contributed by atoms with E-state index < -0.39 is 0 Å². The van der Waals surface area contributed by atoms with Gasteiger partial charge in [0.2, 0.25) is 0 Å². The molecule has 4 rings (SSSR count). The summed E-state index contributed by atoms with van der Waals surface area (Å²) < 4.78 is 0. The lowest BCUT2D eigenvalue weighted by atomic mass is 9.87. The number of H-pyrrole nitrogens is 1. The predicted molar refractivity (Wildman–Crippen MR) is 111 cm³/mol. The molecule has 0 saturated heterocycles. The Kier molecular flexibility index (Phi) is 5.15. The molecule has 3 N–H and O–H groups in total. The summed E-state index contributed by atoms with van der Waals surface area (Å²) in [6, 6.07) is 14.9. The number of hydrogen-bond donors (Lipinski definition) is 3. The first-order valence-electron chi connectivity index (χ1n) is 9.87. The molecule has 3 aromatic rings. The van der Waals surface area contributed by atoms with E-state index >= 15 is 0 Å². The largest absolute Gasteiger partial charge is 0.358 e. The van der Waals surface area contributed by atoms with Gasteiger partial charge in [-0.25, -0.2) is 0 Å². The van der Waals surface area contributed by atoms with Gasteiger partial charge in [0.1, 0.15) is 0 Å². The fourth-order valence-corrected chi connectivity index (χ4v) is 3.88. The molecule has 0 bridgehead atoms. The molecule has 1 aliphatic carbocycles. The Morgan fingerprint density at radius 2 is 1.71 bits per heavy atom. The van der Waals surface area contributed by atoms with Crippen LogP contribution in [0, 0.1) is 5.92 Å². The van der Waals surface area contributed by atoms with Gasteiger partial charge in [-0.1, -0.05) is 25.1 Å². The van der Waals surface area contributed by atoms with E-state index in [1.807, 2.05) is 36.4 Å². The number of carbonyl (C=O) groups is 2. The maximum absolute atomic E-state index is 12.5. The highest BCUT2D eigenvalue weighted by molar-refractivity contribution is 5.99. The van der Waals surface area contributed by atoms with Gasteiger partial charge in [0.25, 0.3) is 11.8 Å². The molecule has 0 fully saturated rings. The highest BCUT2D eigenvalue weighted by Gasteiger charge is 2.20. The Morgan fingerprint density at radius 3 is 2.46 bits per heavy atom. The van der Waals surface area contributed by atoms with Crippen LogP contribution in [-0.4, -0.2) is 29.9 Å². The summed E-state index contributed by atoms with van der Waals surface area (Å²) >= 11 is 0. The van der Waals surface area contributed by atoms with E-state index in [1.165, 1.54) is 17.7 Å². The number of carbonyl (C=O) groups excluding carboxylic acids is 2. The van der Waals surface area contributed by atoms with Crippen LogP contribution < -0.4 is 10.6 Å². The van der Waals surface area contributed by atoms with E-state index in [0.29, 0.717) is 30.1 Å². The van der Waals surface area contributed by atoms with Crippen LogP contribution in [-0.2, 0) is 12.8 Å². The van der Waals surface area contributed by atoms with Crippen LogP contribution in [0.5, 0.6) is 0 Å². The van der Waals surface area contributed by atoms with Crippen molar-refractivity contribution < 1.29 is 9.59 Å². The number of aromatic nitrogens is 1. The molecule has 0 unspecified atom stereocenters. The van der Waals surface area contributed by atoms with Crippen molar-refractivity contribution in [1.82, 2.24) is 15.6 Å². The summed E-state index contributed by atoms with van der Waals surface area (Å²) in [6.45, 7) is 3.05. The zero-order valence-corrected chi connectivity index (χ0v) is 16.0. The molecule has 2 aromatic carbocycles. The zero-order valence-electron chi connectivity index (χ0n) is 16.0. The monoisotopic (exact) mass is 375 g/mol. The molecule has 1 atom stereocenters. The molecule has 1 heterocycles. The third-order valence-corrected chi connectivity index (χ3v) is 5.43. The van der Waals surface area contributed by atoms with Crippen LogP contribution in [0.15, 0.2) is 48.5 Å². The van der Waals surface area contributed by atoms with E-state index in [1.54, 1.807) is 12.1 Å². The van der Waals surface area contributed by atoms with E-state index in [4.69, 9.17) is 0 Å². The van der Waals surface area contributed by atoms with Gasteiger partial charge in [0, 0.05) is 40.8 Å². The molecule has 5 nitrogen and oxygen atoms in total. The highest BCUT2D eigenvalue weighted by Crippen LogP contribution is 2.32. The second kappa shape index (κ2) is 7.89. The average Bonchev–Trinajstić information content (AvgIpc) is 3.08. The second-order valence-corrected chi connectivity index (χ2v) is 7.57. The number of rotatable bonds is 5. The lowest BCUT2D eigenvalue weighted by Gasteiger charge is -2.18. The summed E-state index contributed by atoms with van der Waals surface area (Å²) in [5.41, 5.74) is 5.05. The van der Waals surface area contributed by atoms with Crippen molar-refractivity contribution in [2.45, 2.75) is 26.2 Å². The van der Waals surface area contributed by atoms with Crippen LogP contribution >= 0.6 is 0 Å². The molecule has 0 spiro atoms. The van der Waals surface area contributed by atoms with Crippen molar-refractivity contribution in [2.24, 2.45) is 5.92 Å². The highest BCUT2D eigenvalue weighted by atomic mass is 16.2. The molecular weight excluding hydrogens is 350 g/mol. The van der Waals surface area contributed by atoms with Gasteiger partial charge in [-0.05, 0) is 61.1 Å². The Hall–Kier alpha value is -3.08. The van der Waals surface area contributed by atoms with Gasteiger partial charge in [-0.15, -0.1) is 0 Å². The van der Waals surface area contributed by atoms with Crippen LogP contribution in [0.2, 0.25) is 0 Å². The van der Waals surface area contributed by atoms with Gasteiger partial charge in [-0.2, -0.15) is 0 Å². The SMILES string of the molecule is C[C@H]1CCc2[nH]c3ccc(C(=O)NCCNC(=O)c4ccccc4)cc3c2C1. The first kappa shape index (κ1) is 18.3. The number of aryl methyl sites for hydroxylation is 1. The third kappa shape index (κ3) is 3.79. The van der Waals surface area contributed by atoms with Crippen molar-refractivity contribution in [3.8, 4) is 0 Å². The molecule has 5 heteroatoms. The minimum absolute atomic E-state index is 0.116. The van der Waals surface area contributed by atoms with Crippen molar-refractivity contribution in [3.05, 3.63) is 70.9 Å². The average molecular weight is 375 g/mol. The third-order valence-electron chi connectivity index (χ3n) is 5.43. The molecule has 0 aliphatic heterocycles. The standard InChI is InChI=1S/C23H25N3O2/c1-15-7-9-20-18(13-15)19-14-17(8-10-21(19)26-20)23(28)25-12-11-24-22(27)16-5-3-2-4-6-16/h2-6,8,10,14-15,26H,7,9,11-13H2,1H3,(H,24,27)(H,25,28)/t15-/m0/s1. The normalized spacial score (nSPS) is 15.8. The smallest absolute Gasteiger partial charge is 0.251 e. The summed E-state index contributed by atoms with van der Waals surface area (Å²) in [5, 5.41) is 6.86. The van der Waals surface area contributed by atoms with Gasteiger partial charge in [0.05, 0.1) is 0 Å². The molecule has 0 saturated carbocycles. The molecule has 0 radical (unpaired) electrons. The van der Waals surface area contributed by atoms with Crippen molar-refractivity contribution in [1.29, 1.82) is 0 Å². The van der Waals surface area contributed by atoms with Crippen molar-refractivity contribution in [2.75, 3.05) is 13.1 Å². The van der Waals surface area contributed by atoms with Gasteiger partial charge >= 0.3 is 0 Å². The van der Waals surface area contributed by atoms with Crippen LogP contribution in [0.3, 0.4) is 0 Å². The Labute approximate surface area is 164 Å². The fraction of sp³-hybridized carbons (Fsp3) is 0.304. The molecule has 1 aliphatic rings. The van der Waals surface area contributed by atoms with E-state index in [2.05, 4.69) is 22.5 Å². The van der Waals surface area contributed by atoms with Crippen molar-refractivity contribution in [3.63, 3.8) is 0 Å². The molecule has 28 heavy (non-hydrogen) atoms. The van der Waals surface area contributed by atoms with E-state index in [9.17, 15) is 9.59 Å². The Morgan fingerprint density at radius 1 is 1.00 bits per heavy atom. The summed E-state index contributed by atoms with van der Waals surface area (Å²) in [6.07, 6.45) is 3.35. The minimum atomic E-state index is -0.135. The first-order valence-corrected chi connectivity index (χ1v) is 9.87. The second-order valence-electron chi connectivity index (χ2n) is 7.57. The first-order chi connectivity index (χ1) is 13.6. The van der Waals surface area contributed by atoms with Gasteiger partial charge in [0.15, 0.2) is 0 Å². The lowest BCUT2D eigenvalue weighted by molar-refractivity contribution is 0.0928. The van der Waals surface area contributed by atoms with Gasteiger partial charge in [-0.3, -0.25) is 9.59 Å². The predicted octanol–water partition coefficient (Wildman–Crippen LogP) is 3.45. The summed E-state index contributed by atoms with van der Waals surface area (Å²) in [7, 11) is 0. The maximum Gasteiger partial charge on any atom is 0.251 e. The van der Waals surface area contributed by atoms with Gasteiger partial charge < -0.3 is 15.6 Å². The van der Waals surface area contributed by atoms with E-state index in [-0.39, 0.29) is 11.8 Å². The number of fused-ring (bicyclic) bond motifs is 3. The maximum atomic E-state index is 12.5. The number of hydrogen-bond acceptors (Lipinski definition) is 2. The lowest BCUT2D eigenvalue weighted by Crippen LogP contribution is -2.34. The van der Waals surface area contributed by atoms with Crippen molar-refractivity contribution >= 4 is 22.7 Å². The number of nitrogens with one attached hydrogen (secondary N) is 3. The minimum Gasteiger partial charge on any atom is -0.358 e. The summed E-state index contributed by atoms with van der Waals surface area (Å²) in [4.78, 5) is 28.0. The van der Waals surface area contributed by atoms with Crippen LogP contribution in [0.25, 0.3) is 10.9 Å². The molecule has 1 aromatic heterocycles.